The Balaban J connectivity index is 2.38. The van der Waals surface area contributed by atoms with Gasteiger partial charge in [-0.15, -0.1) is 4.73 Å². The Hall–Kier alpha value is -2.69. The second kappa shape index (κ2) is 5.19. The summed E-state index contributed by atoms with van der Waals surface area (Å²) in [6.07, 6.45) is 0. The molecular formula is C18H16FNO3. The van der Waals surface area contributed by atoms with E-state index in [0.29, 0.717) is 16.2 Å². The smallest absolute Gasteiger partial charge is 0.332 e. The molecular weight excluding hydrogens is 297 g/mol. The minimum atomic E-state index is -0.787. The van der Waals surface area contributed by atoms with Crippen LogP contribution in [0.15, 0.2) is 47.3 Å². The molecule has 0 unspecified atom stereocenters. The van der Waals surface area contributed by atoms with Crippen LogP contribution in [0.4, 0.5) is 4.39 Å². The summed E-state index contributed by atoms with van der Waals surface area (Å²) in [6.45, 7) is 5.05. The highest BCUT2D eigenvalue weighted by Gasteiger charge is 2.26. The summed E-state index contributed by atoms with van der Waals surface area (Å²) in [5.41, 5.74) is -1.05. The van der Waals surface area contributed by atoms with E-state index in [-0.39, 0.29) is 5.52 Å². The molecule has 5 heteroatoms. The molecule has 0 aliphatic carbocycles. The van der Waals surface area contributed by atoms with E-state index in [0.717, 1.165) is 4.73 Å². The quantitative estimate of drug-likeness (QED) is 0.648. The number of aromatic nitrogens is 1. The maximum atomic E-state index is 13.7. The molecule has 4 nitrogen and oxygen atoms in total. The first-order valence-electron chi connectivity index (χ1n) is 7.25. The maximum Gasteiger partial charge on any atom is 0.338 e. The molecule has 0 aliphatic heterocycles. The first kappa shape index (κ1) is 15.2. The van der Waals surface area contributed by atoms with E-state index in [1.54, 1.807) is 51.1 Å². The summed E-state index contributed by atoms with van der Waals surface area (Å²) >= 11 is 0. The van der Waals surface area contributed by atoms with Crippen molar-refractivity contribution < 1.29 is 14.0 Å². The van der Waals surface area contributed by atoms with Gasteiger partial charge in [0.25, 0.3) is 5.56 Å². The van der Waals surface area contributed by atoms with E-state index in [1.165, 1.54) is 12.1 Å². The van der Waals surface area contributed by atoms with Crippen LogP contribution in [-0.2, 0) is 4.79 Å². The lowest BCUT2D eigenvalue weighted by molar-refractivity contribution is -0.153. The van der Waals surface area contributed by atoms with E-state index in [4.69, 9.17) is 4.84 Å². The van der Waals surface area contributed by atoms with Crippen LogP contribution in [0.1, 0.15) is 20.8 Å². The van der Waals surface area contributed by atoms with Gasteiger partial charge in [0.05, 0.1) is 16.3 Å². The van der Waals surface area contributed by atoms with Gasteiger partial charge in [0.2, 0.25) is 0 Å². The number of nitrogens with zero attached hydrogens (tertiary/aromatic N) is 1. The van der Waals surface area contributed by atoms with Crippen molar-refractivity contribution in [2.24, 2.45) is 5.41 Å². The molecule has 0 fully saturated rings. The van der Waals surface area contributed by atoms with Crippen molar-refractivity contribution >= 4 is 27.6 Å². The molecule has 0 amide bonds. The lowest BCUT2D eigenvalue weighted by Crippen LogP contribution is -2.37. The van der Waals surface area contributed by atoms with Gasteiger partial charge >= 0.3 is 5.97 Å². The third-order valence-electron chi connectivity index (χ3n) is 3.60. The molecule has 3 rings (SSSR count). The minimum Gasteiger partial charge on any atom is -0.332 e. The molecule has 2 aromatic carbocycles. The van der Waals surface area contributed by atoms with Crippen LogP contribution in [0.25, 0.3) is 21.7 Å². The number of hydrogen-bond acceptors (Lipinski definition) is 3. The van der Waals surface area contributed by atoms with E-state index >= 15 is 0 Å². The van der Waals surface area contributed by atoms with Gasteiger partial charge in [-0.3, -0.25) is 4.79 Å². The first-order chi connectivity index (χ1) is 10.8. The number of carbonyl (C=O) groups excluding carboxylic acids is 1. The van der Waals surface area contributed by atoms with Crippen LogP contribution in [0.5, 0.6) is 0 Å². The number of pyridine rings is 1. The molecule has 0 N–H and O–H groups in total. The van der Waals surface area contributed by atoms with Gasteiger partial charge in [0.15, 0.2) is 0 Å². The van der Waals surface area contributed by atoms with Crippen LogP contribution in [-0.4, -0.2) is 10.7 Å². The summed E-state index contributed by atoms with van der Waals surface area (Å²) in [7, 11) is 0. The average Bonchev–Trinajstić information content (AvgIpc) is 2.50. The van der Waals surface area contributed by atoms with Crippen LogP contribution < -0.4 is 10.4 Å². The van der Waals surface area contributed by atoms with E-state index in [1.807, 2.05) is 0 Å². The fourth-order valence-corrected chi connectivity index (χ4v) is 2.33. The Bertz CT molecular complexity index is 983. The molecule has 3 aromatic rings. The van der Waals surface area contributed by atoms with Gasteiger partial charge in [-0.05, 0) is 44.4 Å². The number of rotatable bonds is 1. The number of halogens is 1. The fraction of sp³-hybridized carbons (Fsp3) is 0.222. The molecule has 0 bridgehead atoms. The molecule has 118 valence electrons. The van der Waals surface area contributed by atoms with Gasteiger partial charge in [0.1, 0.15) is 5.82 Å². The number of carbonyl (C=O) groups is 1. The standard InChI is InChI=1S/C18H16FNO3/c1-18(2,3)17(22)23-20-15-10-11(19)8-9-13(15)12-6-4-5-7-14(12)16(20)21/h4-10H,1-3H3. The van der Waals surface area contributed by atoms with Crippen molar-refractivity contribution in [3.63, 3.8) is 0 Å². The monoisotopic (exact) mass is 313 g/mol. The molecule has 1 aromatic heterocycles. The van der Waals surface area contributed by atoms with Gasteiger partial charge < -0.3 is 4.84 Å². The lowest BCUT2D eigenvalue weighted by atomic mass is 9.98. The molecule has 1 heterocycles. The molecule has 0 spiro atoms. The fourth-order valence-electron chi connectivity index (χ4n) is 2.33. The Labute approximate surface area is 132 Å². The highest BCUT2D eigenvalue weighted by Crippen LogP contribution is 2.23. The normalized spacial score (nSPS) is 11.8. The zero-order valence-corrected chi connectivity index (χ0v) is 13.1. The molecule has 0 aliphatic rings. The third-order valence-corrected chi connectivity index (χ3v) is 3.60. The zero-order valence-electron chi connectivity index (χ0n) is 13.1. The van der Waals surface area contributed by atoms with Crippen LogP contribution in [0, 0.1) is 11.2 Å². The maximum absolute atomic E-state index is 13.7. The SMILES string of the molecule is CC(C)(C)C(=O)On1c(=O)c2ccccc2c2ccc(F)cc21. The predicted octanol–water partition coefficient (Wildman–Crippen LogP) is 3.30. The minimum absolute atomic E-state index is 0.228. The zero-order chi connectivity index (χ0) is 16.8. The summed E-state index contributed by atoms with van der Waals surface area (Å²) < 4.78 is 14.5. The van der Waals surface area contributed by atoms with Crippen molar-refractivity contribution in [1.29, 1.82) is 0 Å². The summed E-state index contributed by atoms with van der Waals surface area (Å²) in [5, 5.41) is 1.74. The summed E-state index contributed by atoms with van der Waals surface area (Å²) in [5.74, 6) is -1.08. The van der Waals surface area contributed by atoms with Crippen LogP contribution >= 0.6 is 0 Å². The second-order valence-corrected chi connectivity index (χ2v) is 6.44. The Morgan fingerprint density at radius 2 is 1.70 bits per heavy atom. The van der Waals surface area contributed by atoms with E-state index in [2.05, 4.69) is 0 Å². The van der Waals surface area contributed by atoms with Gasteiger partial charge in [0, 0.05) is 11.5 Å². The van der Waals surface area contributed by atoms with Crippen molar-refractivity contribution in [2.45, 2.75) is 20.8 Å². The predicted molar refractivity (Wildman–Crippen MR) is 86.7 cm³/mol. The highest BCUT2D eigenvalue weighted by molar-refractivity contribution is 6.05. The Morgan fingerprint density at radius 1 is 1.04 bits per heavy atom. The second-order valence-electron chi connectivity index (χ2n) is 6.44. The van der Waals surface area contributed by atoms with E-state index < -0.39 is 22.8 Å². The molecule has 0 atom stereocenters. The van der Waals surface area contributed by atoms with Crippen molar-refractivity contribution in [3.05, 3.63) is 58.6 Å². The van der Waals surface area contributed by atoms with Crippen molar-refractivity contribution in [3.8, 4) is 0 Å². The van der Waals surface area contributed by atoms with Crippen LogP contribution in [0.2, 0.25) is 0 Å². The molecule has 0 radical (unpaired) electrons. The molecule has 0 saturated carbocycles. The largest absolute Gasteiger partial charge is 0.338 e. The summed E-state index contributed by atoms with van der Waals surface area (Å²) in [4.78, 5) is 30.1. The lowest BCUT2D eigenvalue weighted by Gasteiger charge is -2.18. The third kappa shape index (κ3) is 2.59. The van der Waals surface area contributed by atoms with Crippen molar-refractivity contribution in [1.82, 2.24) is 4.73 Å². The molecule has 23 heavy (non-hydrogen) atoms. The van der Waals surface area contributed by atoms with Crippen molar-refractivity contribution in [2.75, 3.05) is 0 Å². The molecule has 0 saturated heterocycles. The summed E-state index contributed by atoms with van der Waals surface area (Å²) in [6, 6.07) is 11.1. The average molecular weight is 313 g/mol. The first-order valence-corrected chi connectivity index (χ1v) is 7.25. The highest BCUT2D eigenvalue weighted by atomic mass is 19.1. The van der Waals surface area contributed by atoms with Gasteiger partial charge in [-0.25, -0.2) is 9.18 Å². The number of hydrogen-bond donors (Lipinski definition) is 0. The van der Waals surface area contributed by atoms with Crippen LogP contribution in [0.3, 0.4) is 0 Å². The number of fused-ring (bicyclic) bond motifs is 3. The van der Waals surface area contributed by atoms with Gasteiger partial charge in [-0.1, -0.05) is 18.2 Å². The van der Waals surface area contributed by atoms with Gasteiger partial charge in [-0.2, -0.15) is 0 Å². The van der Waals surface area contributed by atoms with E-state index in [9.17, 15) is 14.0 Å². The number of benzene rings is 2. The Kier molecular flexibility index (Phi) is 3.43. The Morgan fingerprint density at radius 3 is 2.35 bits per heavy atom. The topological polar surface area (TPSA) is 48.3 Å².